The van der Waals surface area contributed by atoms with E-state index in [1.807, 2.05) is 51.0 Å². The third-order valence-corrected chi connectivity index (χ3v) is 3.49. The normalized spacial score (nSPS) is 10.8. The summed E-state index contributed by atoms with van der Waals surface area (Å²) in [7, 11) is 3.86. The molecule has 0 bridgehead atoms. The van der Waals surface area contributed by atoms with Crippen LogP contribution in [0.5, 0.6) is 0 Å². The van der Waals surface area contributed by atoms with Crippen LogP contribution in [-0.4, -0.2) is 48.0 Å². The Bertz CT molecular complexity index is 765. The van der Waals surface area contributed by atoms with E-state index in [-0.39, 0.29) is 11.6 Å². The van der Waals surface area contributed by atoms with Crippen LogP contribution in [0.25, 0.3) is 11.3 Å². The van der Waals surface area contributed by atoms with Gasteiger partial charge in [0, 0.05) is 18.7 Å². The van der Waals surface area contributed by atoms with Gasteiger partial charge >= 0.3 is 5.69 Å². The lowest BCUT2D eigenvalue weighted by Crippen LogP contribution is -2.33. The number of carbonyl (C=O) groups is 1. The maximum atomic E-state index is 12.2. The van der Waals surface area contributed by atoms with E-state index in [0.717, 1.165) is 23.2 Å². The zero-order valence-corrected chi connectivity index (χ0v) is 13.9. The predicted octanol–water partition coefficient (Wildman–Crippen LogP) is 1.35. The van der Waals surface area contributed by atoms with Crippen molar-refractivity contribution in [2.75, 3.05) is 27.2 Å². The molecular formula is C17H22N4O2. The van der Waals surface area contributed by atoms with Crippen molar-refractivity contribution < 1.29 is 4.79 Å². The molecule has 0 atom stereocenters. The Kier molecular flexibility index (Phi) is 5.28. The fourth-order valence-corrected chi connectivity index (χ4v) is 2.31. The Morgan fingerprint density at radius 3 is 2.65 bits per heavy atom. The molecule has 0 aliphatic heterocycles. The number of aromatic amines is 1. The van der Waals surface area contributed by atoms with Gasteiger partial charge in [0.15, 0.2) is 0 Å². The number of carbonyl (C=O) groups excluding carboxylic acids is 1. The molecule has 6 heteroatoms. The Balaban J connectivity index is 2.28. The predicted molar refractivity (Wildman–Crippen MR) is 90.7 cm³/mol. The molecule has 0 aliphatic carbocycles. The molecule has 0 saturated carbocycles. The maximum absolute atomic E-state index is 12.2. The van der Waals surface area contributed by atoms with Crippen molar-refractivity contribution in [1.82, 2.24) is 20.2 Å². The quantitative estimate of drug-likeness (QED) is 0.873. The van der Waals surface area contributed by atoms with Gasteiger partial charge in [0.25, 0.3) is 5.91 Å². The molecule has 0 radical (unpaired) electrons. The number of aromatic nitrogens is 2. The van der Waals surface area contributed by atoms with Crippen LogP contribution in [0.15, 0.2) is 29.1 Å². The van der Waals surface area contributed by atoms with Crippen molar-refractivity contribution in [2.24, 2.45) is 0 Å². The van der Waals surface area contributed by atoms with Crippen molar-refractivity contribution in [3.8, 4) is 11.3 Å². The minimum atomic E-state index is -0.528. The Morgan fingerprint density at radius 2 is 2.00 bits per heavy atom. The lowest BCUT2D eigenvalue weighted by atomic mass is 10.0. The molecule has 6 nitrogen and oxygen atoms in total. The lowest BCUT2D eigenvalue weighted by molar-refractivity contribution is 0.0945. The Labute approximate surface area is 135 Å². The van der Waals surface area contributed by atoms with Gasteiger partial charge in [-0.3, -0.25) is 4.79 Å². The average Bonchev–Trinajstić information content (AvgIpc) is 2.46. The van der Waals surface area contributed by atoms with Gasteiger partial charge in [0.1, 0.15) is 5.69 Å². The summed E-state index contributed by atoms with van der Waals surface area (Å²) in [4.78, 5) is 32.4. The molecule has 0 unspecified atom stereocenters. The van der Waals surface area contributed by atoms with E-state index in [9.17, 15) is 9.59 Å². The number of aryl methyl sites for hydroxylation is 2. The van der Waals surface area contributed by atoms with E-state index < -0.39 is 5.69 Å². The molecule has 1 aromatic heterocycles. The van der Waals surface area contributed by atoms with Crippen LogP contribution < -0.4 is 11.0 Å². The van der Waals surface area contributed by atoms with E-state index in [4.69, 9.17) is 0 Å². The Morgan fingerprint density at radius 1 is 1.26 bits per heavy atom. The highest BCUT2D eigenvalue weighted by atomic mass is 16.2. The number of hydrogen-bond donors (Lipinski definition) is 2. The third-order valence-electron chi connectivity index (χ3n) is 3.49. The van der Waals surface area contributed by atoms with Crippen LogP contribution in [0, 0.1) is 13.8 Å². The number of amides is 1. The molecular weight excluding hydrogens is 292 g/mol. The fourth-order valence-electron chi connectivity index (χ4n) is 2.31. The molecule has 2 N–H and O–H groups in total. The summed E-state index contributed by atoms with van der Waals surface area (Å²) in [5, 5.41) is 2.78. The van der Waals surface area contributed by atoms with Gasteiger partial charge < -0.3 is 15.2 Å². The topological polar surface area (TPSA) is 78.1 Å². The van der Waals surface area contributed by atoms with Gasteiger partial charge in [-0.05, 0) is 39.6 Å². The van der Waals surface area contributed by atoms with Gasteiger partial charge in [0.2, 0.25) is 0 Å². The molecule has 0 spiro atoms. The van der Waals surface area contributed by atoms with Crippen LogP contribution in [0.1, 0.15) is 21.6 Å². The van der Waals surface area contributed by atoms with E-state index in [1.165, 1.54) is 0 Å². The SMILES string of the molecule is Cc1ccc(-c2cc(C(=O)NCCN(C)C)[nH]c(=O)n2)c(C)c1. The summed E-state index contributed by atoms with van der Waals surface area (Å²) in [5.41, 5.74) is 3.20. The van der Waals surface area contributed by atoms with Crippen LogP contribution in [-0.2, 0) is 0 Å². The van der Waals surface area contributed by atoms with Crippen LogP contribution >= 0.6 is 0 Å². The Hall–Kier alpha value is -2.47. The second-order valence-corrected chi connectivity index (χ2v) is 5.86. The van der Waals surface area contributed by atoms with Crippen LogP contribution in [0.2, 0.25) is 0 Å². The van der Waals surface area contributed by atoms with Crippen molar-refractivity contribution in [3.05, 3.63) is 51.6 Å². The second kappa shape index (κ2) is 7.19. The summed E-state index contributed by atoms with van der Waals surface area (Å²) in [6.07, 6.45) is 0. The first-order chi connectivity index (χ1) is 10.9. The molecule has 1 aromatic carbocycles. The summed E-state index contributed by atoms with van der Waals surface area (Å²) < 4.78 is 0. The monoisotopic (exact) mass is 314 g/mol. The zero-order valence-electron chi connectivity index (χ0n) is 13.9. The number of likely N-dealkylation sites (N-methyl/N-ethyl adjacent to an activating group) is 1. The minimum Gasteiger partial charge on any atom is -0.349 e. The summed E-state index contributed by atoms with van der Waals surface area (Å²) in [5.74, 6) is -0.308. The molecule has 23 heavy (non-hydrogen) atoms. The summed E-state index contributed by atoms with van der Waals surface area (Å²) in [6, 6.07) is 7.52. The van der Waals surface area contributed by atoms with Crippen molar-refractivity contribution in [1.29, 1.82) is 0 Å². The molecule has 0 aliphatic rings. The van der Waals surface area contributed by atoms with Crippen molar-refractivity contribution >= 4 is 5.91 Å². The van der Waals surface area contributed by atoms with Gasteiger partial charge in [-0.25, -0.2) is 4.79 Å². The van der Waals surface area contributed by atoms with Gasteiger partial charge in [-0.1, -0.05) is 23.8 Å². The molecule has 1 heterocycles. The molecule has 122 valence electrons. The summed E-state index contributed by atoms with van der Waals surface area (Å²) >= 11 is 0. The highest BCUT2D eigenvalue weighted by molar-refractivity contribution is 5.93. The first kappa shape index (κ1) is 16.9. The second-order valence-electron chi connectivity index (χ2n) is 5.86. The van der Waals surface area contributed by atoms with E-state index >= 15 is 0 Å². The van der Waals surface area contributed by atoms with E-state index in [0.29, 0.717) is 12.2 Å². The van der Waals surface area contributed by atoms with Crippen molar-refractivity contribution in [2.45, 2.75) is 13.8 Å². The number of H-pyrrole nitrogens is 1. The average molecular weight is 314 g/mol. The lowest BCUT2D eigenvalue weighted by Gasteiger charge is -2.11. The number of nitrogens with zero attached hydrogens (tertiary/aromatic N) is 2. The first-order valence-electron chi connectivity index (χ1n) is 7.49. The smallest absolute Gasteiger partial charge is 0.346 e. The minimum absolute atomic E-state index is 0.221. The van der Waals surface area contributed by atoms with Crippen molar-refractivity contribution in [3.63, 3.8) is 0 Å². The fraction of sp³-hybridized carbons (Fsp3) is 0.353. The highest BCUT2D eigenvalue weighted by Gasteiger charge is 2.11. The van der Waals surface area contributed by atoms with Gasteiger partial charge in [0.05, 0.1) is 5.69 Å². The molecule has 1 amide bonds. The number of rotatable bonds is 5. The first-order valence-corrected chi connectivity index (χ1v) is 7.49. The summed E-state index contributed by atoms with van der Waals surface area (Å²) in [6.45, 7) is 5.20. The standard InChI is InChI=1S/C17H22N4O2/c1-11-5-6-13(12(2)9-11)14-10-15(20-17(23)19-14)16(22)18-7-8-21(3)4/h5-6,9-10H,7-8H2,1-4H3,(H,18,22)(H,19,20,23). The van der Waals surface area contributed by atoms with E-state index in [2.05, 4.69) is 15.3 Å². The molecule has 2 rings (SSSR count). The van der Waals surface area contributed by atoms with E-state index in [1.54, 1.807) is 6.07 Å². The molecule has 2 aromatic rings. The third kappa shape index (κ3) is 4.50. The zero-order chi connectivity index (χ0) is 17.0. The number of nitrogens with one attached hydrogen (secondary N) is 2. The van der Waals surface area contributed by atoms with Crippen LogP contribution in [0.3, 0.4) is 0 Å². The maximum Gasteiger partial charge on any atom is 0.346 e. The highest BCUT2D eigenvalue weighted by Crippen LogP contribution is 2.21. The van der Waals surface area contributed by atoms with Gasteiger partial charge in [-0.2, -0.15) is 4.98 Å². The largest absolute Gasteiger partial charge is 0.349 e. The number of benzene rings is 1. The van der Waals surface area contributed by atoms with Crippen LogP contribution in [0.4, 0.5) is 0 Å². The molecule has 0 saturated heterocycles. The molecule has 0 fully saturated rings. The number of hydrogen-bond acceptors (Lipinski definition) is 4. The van der Waals surface area contributed by atoms with Gasteiger partial charge in [-0.15, -0.1) is 0 Å².